The summed E-state index contributed by atoms with van der Waals surface area (Å²) in [7, 11) is 0. The lowest BCUT2D eigenvalue weighted by molar-refractivity contribution is 0.578. The molecule has 1 aromatic carbocycles. The van der Waals surface area contributed by atoms with Crippen molar-refractivity contribution in [3.8, 4) is 0 Å². The minimum Gasteiger partial charge on any atom is -0.397 e. The summed E-state index contributed by atoms with van der Waals surface area (Å²) in [6.45, 7) is 2.15. The van der Waals surface area contributed by atoms with Crippen LogP contribution in [0.25, 0.3) is 0 Å². The second kappa shape index (κ2) is 5.47. The first-order valence-electron chi connectivity index (χ1n) is 5.08. The van der Waals surface area contributed by atoms with Gasteiger partial charge in [-0.1, -0.05) is 17.7 Å². The number of rotatable bonds is 1. The molecule has 1 aromatic rings. The highest BCUT2D eigenvalue weighted by molar-refractivity contribution is 6.34. The molecule has 1 saturated heterocycles. The molecule has 1 fully saturated rings. The number of anilines is 2. The van der Waals surface area contributed by atoms with Crippen molar-refractivity contribution in [3.63, 3.8) is 0 Å². The van der Waals surface area contributed by atoms with Crippen LogP contribution in [0, 0.1) is 0 Å². The van der Waals surface area contributed by atoms with E-state index in [-0.39, 0.29) is 12.4 Å². The van der Waals surface area contributed by atoms with Crippen LogP contribution >= 0.6 is 24.0 Å². The monoisotopic (exact) mass is 246 g/mol. The Morgan fingerprint density at radius 3 is 2.40 bits per heavy atom. The largest absolute Gasteiger partial charge is 0.397 e. The van der Waals surface area contributed by atoms with Crippen molar-refractivity contribution < 1.29 is 0 Å². The average Bonchev–Trinajstić information content (AvgIpc) is 2.19. The summed E-state index contributed by atoms with van der Waals surface area (Å²) >= 11 is 6.14. The van der Waals surface area contributed by atoms with Crippen molar-refractivity contribution in [2.24, 2.45) is 0 Å². The number of nitrogen functional groups attached to an aromatic ring is 1. The standard InChI is InChI=1S/C11H15ClN2.ClH/c12-9-5-4-6-10(13)11(9)14-7-2-1-3-8-14;/h4-6H,1-3,7-8,13H2;1H. The van der Waals surface area contributed by atoms with E-state index < -0.39 is 0 Å². The second-order valence-corrected chi connectivity index (χ2v) is 4.13. The van der Waals surface area contributed by atoms with Gasteiger partial charge in [-0.25, -0.2) is 0 Å². The second-order valence-electron chi connectivity index (χ2n) is 3.73. The van der Waals surface area contributed by atoms with Gasteiger partial charge in [-0.05, 0) is 31.4 Å². The minimum atomic E-state index is 0. The minimum absolute atomic E-state index is 0. The molecular formula is C11H16Cl2N2. The average molecular weight is 247 g/mol. The highest BCUT2D eigenvalue weighted by atomic mass is 35.5. The summed E-state index contributed by atoms with van der Waals surface area (Å²) in [6.07, 6.45) is 3.80. The molecule has 0 bridgehead atoms. The van der Waals surface area contributed by atoms with Crippen LogP contribution in [0.3, 0.4) is 0 Å². The third-order valence-corrected chi connectivity index (χ3v) is 3.00. The predicted molar refractivity (Wildman–Crippen MR) is 69.2 cm³/mol. The highest BCUT2D eigenvalue weighted by Gasteiger charge is 2.15. The Balaban J connectivity index is 0.00000112. The molecule has 0 unspecified atom stereocenters. The van der Waals surface area contributed by atoms with Crippen LogP contribution in [0.5, 0.6) is 0 Å². The fraction of sp³-hybridized carbons (Fsp3) is 0.455. The summed E-state index contributed by atoms with van der Waals surface area (Å²) in [5.41, 5.74) is 7.74. The van der Waals surface area contributed by atoms with E-state index in [1.165, 1.54) is 19.3 Å². The van der Waals surface area contributed by atoms with E-state index in [0.29, 0.717) is 0 Å². The third kappa shape index (κ3) is 2.70. The fourth-order valence-corrected chi connectivity index (χ4v) is 2.28. The maximum absolute atomic E-state index is 6.14. The molecular weight excluding hydrogens is 231 g/mol. The summed E-state index contributed by atoms with van der Waals surface area (Å²) in [4.78, 5) is 2.29. The molecule has 0 spiro atoms. The van der Waals surface area contributed by atoms with Crippen LogP contribution < -0.4 is 10.6 Å². The summed E-state index contributed by atoms with van der Waals surface area (Å²) in [5.74, 6) is 0. The lowest BCUT2D eigenvalue weighted by Gasteiger charge is -2.30. The lowest BCUT2D eigenvalue weighted by Crippen LogP contribution is -2.30. The zero-order chi connectivity index (χ0) is 9.97. The first-order valence-corrected chi connectivity index (χ1v) is 5.46. The number of para-hydroxylation sites is 1. The molecule has 1 aliphatic heterocycles. The van der Waals surface area contributed by atoms with Crippen LogP contribution in [0.4, 0.5) is 11.4 Å². The normalized spacial score (nSPS) is 15.9. The van der Waals surface area contributed by atoms with Crippen molar-refractivity contribution in [1.29, 1.82) is 0 Å². The Hall–Kier alpha value is -0.600. The summed E-state index contributed by atoms with van der Waals surface area (Å²) in [6, 6.07) is 5.71. The Kier molecular flexibility index (Phi) is 4.55. The van der Waals surface area contributed by atoms with Crippen LogP contribution in [0.1, 0.15) is 19.3 Å². The van der Waals surface area contributed by atoms with Crippen LogP contribution in [-0.2, 0) is 0 Å². The Morgan fingerprint density at radius 2 is 1.80 bits per heavy atom. The van der Waals surface area contributed by atoms with Crippen molar-refractivity contribution in [2.45, 2.75) is 19.3 Å². The number of nitrogens with zero attached hydrogens (tertiary/aromatic N) is 1. The topological polar surface area (TPSA) is 29.3 Å². The molecule has 0 aromatic heterocycles. The molecule has 0 amide bonds. The van der Waals surface area contributed by atoms with Gasteiger partial charge >= 0.3 is 0 Å². The van der Waals surface area contributed by atoms with Gasteiger partial charge in [0.25, 0.3) is 0 Å². The first kappa shape index (κ1) is 12.5. The lowest BCUT2D eigenvalue weighted by atomic mass is 10.1. The molecule has 4 heteroatoms. The molecule has 0 saturated carbocycles. The molecule has 1 heterocycles. The maximum Gasteiger partial charge on any atom is 0.0789 e. The molecule has 2 nitrogen and oxygen atoms in total. The van der Waals surface area contributed by atoms with Crippen LogP contribution in [0.2, 0.25) is 5.02 Å². The maximum atomic E-state index is 6.14. The third-order valence-electron chi connectivity index (χ3n) is 2.69. The van der Waals surface area contributed by atoms with Crippen molar-refractivity contribution in [2.75, 3.05) is 23.7 Å². The van der Waals surface area contributed by atoms with Gasteiger partial charge in [0.1, 0.15) is 0 Å². The van der Waals surface area contributed by atoms with Gasteiger partial charge in [-0.15, -0.1) is 12.4 Å². The first-order chi connectivity index (χ1) is 6.79. The Labute approximate surface area is 102 Å². The Bertz CT molecular complexity index is 302. The smallest absolute Gasteiger partial charge is 0.0789 e. The van der Waals surface area contributed by atoms with E-state index in [1.54, 1.807) is 0 Å². The molecule has 0 aliphatic carbocycles. The number of hydrogen-bond acceptors (Lipinski definition) is 2. The predicted octanol–water partition coefficient (Wildman–Crippen LogP) is 3.33. The molecule has 0 radical (unpaired) electrons. The van der Waals surface area contributed by atoms with Crippen LogP contribution in [0.15, 0.2) is 18.2 Å². The van der Waals surface area contributed by atoms with E-state index in [1.807, 2.05) is 18.2 Å². The highest BCUT2D eigenvalue weighted by Crippen LogP contribution is 2.33. The SMILES string of the molecule is Cl.Nc1cccc(Cl)c1N1CCCCC1. The molecule has 84 valence electrons. The number of hydrogen-bond donors (Lipinski definition) is 1. The van der Waals surface area contributed by atoms with Crippen molar-refractivity contribution >= 4 is 35.4 Å². The van der Waals surface area contributed by atoms with E-state index in [4.69, 9.17) is 17.3 Å². The molecule has 0 atom stereocenters. The summed E-state index contributed by atoms with van der Waals surface area (Å²) < 4.78 is 0. The molecule has 1 aliphatic rings. The van der Waals surface area contributed by atoms with Gasteiger partial charge in [-0.2, -0.15) is 0 Å². The number of benzene rings is 1. The van der Waals surface area contributed by atoms with Gasteiger partial charge < -0.3 is 10.6 Å². The van der Waals surface area contributed by atoms with Gasteiger partial charge in [0, 0.05) is 13.1 Å². The quantitative estimate of drug-likeness (QED) is 0.771. The molecule has 2 N–H and O–H groups in total. The summed E-state index contributed by atoms with van der Waals surface area (Å²) in [5, 5.41) is 0.770. The van der Waals surface area contributed by atoms with Crippen molar-refractivity contribution in [3.05, 3.63) is 23.2 Å². The fourth-order valence-electron chi connectivity index (χ4n) is 1.98. The molecule has 15 heavy (non-hydrogen) atoms. The van der Waals surface area contributed by atoms with E-state index in [2.05, 4.69) is 4.90 Å². The van der Waals surface area contributed by atoms with Crippen LogP contribution in [-0.4, -0.2) is 13.1 Å². The van der Waals surface area contributed by atoms with Gasteiger partial charge in [0.15, 0.2) is 0 Å². The number of halogens is 2. The number of nitrogens with two attached hydrogens (primary N) is 1. The zero-order valence-corrected chi connectivity index (χ0v) is 10.2. The van der Waals surface area contributed by atoms with E-state index >= 15 is 0 Å². The zero-order valence-electron chi connectivity index (χ0n) is 8.58. The van der Waals surface area contributed by atoms with Gasteiger partial charge in [0.2, 0.25) is 0 Å². The number of piperidine rings is 1. The van der Waals surface area contributed by atoms with E-state index in [9.17, 15) is 0 Å². The van der Waals surface area contributed by atoms with E-state index in [0.717, 1.165) is 29.5 Å². The van der Waals surface area contributed by atoms with Crippen molar-refractivity contribution in [1.82, 2.24) is 0 Å². The van der Waals surface area contributed by atoms with Gasteiger partial charge in [-0.3, -0.25) is 0 Å². The van der Waals surface area contributed by atoms with Gasteiger partial charge in [0.05, 0.1) is 16.4 Å². The Morgan fingerprint density at radius 1 is 1.13 bits per heavy atom. The molecule has 2 rings (SSSR count).